The summed E-state index contributed by atoms with van der Waals surface area (Å²) in [5, 5.41) is 2.80. The standard InChI is InChI=1S/C22H30N2O5S/c1-4-29-14-8-13-23-22(25)19(16-18-9-6-5-7-10-18)24-30(26,27)21-15-17(2)11-12-20(21)28-3/h5-7,9-12,15,19,24H,4,8,13-14,16H2,1-3H3,(H,23,25)/t19-/m0/s1. The Morgan fingerprint density at radius 3 is 2.53 bits per heavy atom. The maximum atomic E-state index is 13.1. The lowest BCUT2D eigenvalue weighted by molar-refractivity contribution is -0.122. The van der Waals surface area contributed by atoms with Crippen LogP contribution in [0.5, 0.6) is 5.75 Å². The predicted molar refractivity (Wildman–Crippen MR) is 116 cm³/mol. The van der Waals surface area contributed by atoms with Gasteiger partial charge in [0.15, 0.2) is 0 Å². The van der Waals surface area contributed by atoms with Gasteiger partial charge in [0.05, 0.1) is 7.11 Å². The molecule has 0 heterocycles. The largest absolute Gasteiger partial charge is 0.495 e. The molecule has 0 bridgehead atoms. The van der Waals surface area contributed by atoms with E-state index in [9.17, 15) is 13.2 Å². The van der Waals surface area contributed by atoms with E-state index < -0.39 is 16.1 Å². The molecule has 0 aliphatic rings. The molecule has 0 unspecified atom stereocenters. The summed E-state index contributed by atoms with van der Waals surface area (Å²) >= 11 is 0. The number of hydrogen-bond donors (Lipinski definition) is 2. The number of sulfonamides is 1. The molecule has 0 spiro atoms. The van der Waals surface area contributed by atoms with Crippen LogP contribution in [0.15, 0.2) is 53.4 Å². The van der Waals surface area contributed by atoms with Gasteiger partial charge in [-0.15, -0.1) is 0 Å². The highest BCUT2D eigenvalue weighted by atomic mass is 32.2. The van der Waals surface area contributed by atoms with Crippen LogP contribution in [-0.4, -0.2) is 47.2 Å². The van der Waals surface area contributed by atoms with Gasteiger partial charge in [0.1, 0.15) is 16.7 Å². The molecule has 2 rings (SSSR count). The van der Waals surface area contributed by atoms with E-state index in [1.807, 2.05) is 37.3 Å². The smallest absolute Gasteiger partial charge is 0.244 e. The third-order valence-corrected chi connectivity index (χ3v) is 5.97. The summed E-state index contributed by atoms with van der Waals surface area (Å²) in [7, 11) is -2.58. The fraction of sp³-hybridized carbons (Fsp3) is 0.409. The zero-order chi connectivity index (χ0) is 22.0. The van der Waals surface area contributed by atoms with Crippen molar-refractivity contribution >= 4 is 15.9 Å². The third kappa shape index (κ3) is 7.12. The summed E-state index contributed by atoms with van der Waals surface area (Å²) in [5.74, 6) is -0.158. The molecule has 0 radical (unpaired) electrons. The van der Waals surface area contributed by atoms with Crippen molar-refractivity contribution in [1.29, 1.82) is 0 Å². The average Bonchev–Trinajstić information content (AvgIpc) is 2.73. The fourth-order valence-electron chi connectivity index (χ4n) is 2.94. The monoisotopic (exact) mass is 434 g/mol. The Kier molecular flexibility index (Phi) is 9.29. The SMILES string of the molecule is CCOCCCNC(=O)[C@H](Cc1ccccc1)NS(=O)(=O)c1cc(C)ccc1OC. The minimum atomic E-state index is -3.99. The first-order chi connectivity index (χ1) is 14.4. The van der Waals surface area contributed by atoms with E-state index in [2.05, 4.69) is 10.0 Å². The molecule has 0 fully saturated rings. The molecule has 164 valence electrons. The van der Waals surface area contributed by atoms with Crippen LogP contribution in [0, 0.1) is 6.92 Å². The summed E-state index contributed by atoms with van der Waals surface area (Å²) in [5.41, 5.74) is 1.63. The number of rotatable bonds is 12. The van der Waals surface area contributed by atoms with Gasteiger partial charge in [0.2, 0.25) is 15.9 Å². The number of carbonyl (C=O) groups excluding carboxylic acids is 1. The number of hydrogen-bond acceptors (Lipinski definition) is 5. The second-order valence-electron chi connectivity index (χ2n) is 6.86. The lowest BCUT2D eigenvalue weighted by Crippen LogP contribution is -2.48. The quantitative estimate of drug-likeness (QED) is 0.501. The van der Waals surface area contributed by atoms with Crippen molar-refractivity contribution in [3.63, 3.8) is 0 Å². The second kappa shape index (κ2) is 11.7. The Hall–Kier alpha value is -2.42. The molecule has 7 nitrogen and oxygen atoms in total. The first-order valence-electron chi connectivity index (χ1n) is 9.93. The van der Waals surface area contributed by atoms with Gasteiger partial charge in [-0.25, -0.2) is 8.42 Å². The Balaban J connectivity index is 2.21. The molecule has 0 aliphatic heterocycles. The highest BCUT2D eigenvalue weighted by Crippen LogP contribution is 2.25. The molecule has 1 amide bonds. The summed E-state index contributed by atoms with van der Waals surface area (Å²) in [6.07, 6.45) is 0.877. The summed E-state index contributed by atoms with van der Waals surface area (Å²) < 4.78 is 39.2. The van der Waals surface area contributed by atoms with E-state index in [1.54, 1.807) is 19.1 Å². The van der Waals surface area contributed by atoms with Crippen LogP contribution in [0.2, 0.25) is 0 Å². The highest BCUT2D eigenvalue weighted by Gasteiger charge is 2.28. The van der Waals surface area contributed by atoms with Crippen molar-refractivity contribution in [2.45, 2.75) is 37.6 Å². The van der Waals surface area contributed by atoms with Gasteiger partial charge in [-0.1, -0.05) is 36.4 Å². The molecule has 30 heavy (non-hydrogen) atoms. The van der Waals surface area contributed by atoms with Crippen molar-refractivity contribution in [3.8, 4) is 5.75 Å². The maximum Gasteiger partial charge on any atom is 0.244 e. The third-order valence-electron chi connectivity index (χ3n) is 4.47. The van der Waals surface area contributed by atoms with Crippen LogP contribution < -0.4 is 14.8 Å². The predicted octanol–water partition coefficient (Wildman–Crippen LogP) is 2.44. The molecular formula is C22H30N2O5S. The van der Waals surface area contributed by atoms with E-state index >= 15 is 0 Å². The van der Waals surface area contributed by atoms with Crippen LogP contribution in [0.3, 0.4) is 0 Å². The molecule has 0 aliphatic carbocycles. The highest BCUT2D eigenvalue weighted by molar-refractivity contribution is 7.89. The van der Waals surface area contributed by atoms with Crippen LogP contribution in [0.4, 0.5) is 0 Å². The van der Waals surface area contributed by atoms with Crippen molar-refractivity contribution in [2.24, 2.45) is 0 Å². The average molecular weight is 435 g/mol. The zero-order valence-corrected chi connectivity index (χ0v) is 18.5. The molecule has 0 saturated heterocycles. The number of benzene rings is 2. The molecular weight excluding hydrogens is 404 g/mol. The van der Waals surface area contributed by atoms with E-state index in [0.717, 1.165) is 11.1 Å². The van der Waals surface area contributed by atoms with Gasteiger partial charge in [-0.2, -0.15) is 4.72 Å². The Bertz CT molecular complexity index is 916. The van der Waals surface area contributed by atoms with Crippen molar-refractivity contribution < 1.29 is 22.7 Å². The minimum Gasteiger partial charge on any atom is -0.495 e. The Morgan fingerprint density at radius 2 is 1.87 bits per heavy atom. The number of methoxy groups -OCH3 is 1. The van der Waals surface area contributed by atoms with Gasteiger partial charge >= 0.3 is 0 Å². The van der Waals surface area contributed by atoms with E-state index in [4.69, 9.17) is 9.47 Å². The molecule has 2 aromatic rings. The van der Waals surface area contributed by atoms with Gasteiger partial charge in [0.25, 0.3) is 0 Å². The molecule has 1 atom stereocenters. The molecule has 0 aromatic heterocycles. The number of ether oxygens (including phenoxy) is 2. The molecule has 0 saturated carbocycles. The molecule has 2 aromatic carbocycles. The minimum absolute atomic E-state index is 0.00667. The van der Waals surface area contributed by atoms with Crippen LogP contribution in [0.1, 0.15) is 24.5 Å². The van der Waals surface area contributed by atoms with Gasteiger partial charge < -0.3 is 14.8 Å². The first kappa shape index (κ1) is 23.9. The van der Waals surface area contributed by atoms with E-state index in [-0.39, 0.29) is 23.0 Å². The lowest BCUT2D eigenvalue weighted by atomic mass is 10.1. The topological polar surface area (TPSA) is 93.7 Å². The maximum absolute atomic E-state index is 13.1. The summed E-state index contributed by atoms with van der Waals surface area (Å²) in [6, 6.07) is 13.2. The number of aryl methyl sites for hydroxylation is 1. The molecule has 2 N–H and O–H groups in total. The van der Waals surface area contributed by atoms with Crippen LogP contribution in [-0.2, 0) is 26.0 Å². The van der Waals surface area contributed by atoms with Crippen molar-refractivity contribution in [1.82, 2.24) is 10.0 Å². The zero-order valence-electron chi connectivity index (χ0n) is 17.7. The normalized spacial score (nSPS) is 12.4. The first-order valence-corrected chi connectivity index (χ1v) is 11.4. The lowest BCUT2D eigenvalue weighted by Gasteiger charge is -2.20. The van der Waals surface area contributed by atoms with E-state index in [0.29, 0.717) is 26.2 Å². The van der Waals surface area contributed by atoms with Crippen LogP contribution in [0.25, 0.3) is 0 Å². The fourth-order valence-corrected chi connectivity index (χ4v) is 4.38. The van der Waals surface area contributed by atoms with Crippen LogP contribution >= 0.6 is 0 Å². The van der Waals surface area contributed by atoms with Gasteiger partial charge in [-0.3, -0.25) is 4.79 Å². The molecule has 8 heteroatoms. The number of amides is 1. The van der Waals surface area contributed by atoms with E-state index in [1.165, 1.54) is 13.2 Å². The van der Waals surface area contributed by atoms with Crippen molar-refractivity contribution in [3.05, 3.63) is 59.7 Å². The van der Waals surface area contributed by atoms with Crippen molar-refractivity contribution in [2.75, 3.05) is 26.9 Å². The number of carbonyl (C=O) groups is 1. The van der Waals surface area contributed by atoms with Gasteiger partial charge in [0, 0.05) is 19.8 Å². The summed E-state index contributed by atoms with van der Waals surface area (Å²) in [6.45, 7) is 5.25. The van der Waals surface area contributed by atoms with Gasteiger partial charge in [-0.05, 0) is 49.9 Å². The Morgan fingerprint density at radius 1 is 1.13 bits per heavy atom. The number of nitrogens with one attached hydrogen (secondary N) is 2. The Labute approximate surface area is 178 Å². The summed E-state index contributed by atoms with van der Waals surface area (Å²) in [4.78, 5) is 12.8. The second-order valence-corrected chi connectivity index (χ2v) is 8.54.